The third-order valence-corrected chi connectivity index (χ3v) is 5.38. The summed E-state index contributed by atoms with van der Waals surface area (Å²) in [6.45, 7) is 4.64. The van der Waals surface area contributed by atoms with Crippen molar-refractivity contribution in [3.63, 3.8) is 0 Å². The summed E-state index contributed by atoms with van der Waals surface area (Å²) >= 11 is 9.52. The van der Waals surface area contributed by atoms with Gasteiger partial charge < -0.3 is 14.8 Å². The number of hydrogen-bond donors (Lipinski definition) is 1. The number of rotatable bonds is 7. The maximum Gasteiger partial charge on any atom is 0.255 e. The fourth-order valence-electron chi connectivity index (χ4n) is 2.75. The minimum atomic E-state index is -0.205. The highest BCUT2D eigenvalue weighted by atomic mass is 79.9. The first-order valence-corrected chi connectivity index (χ1v) is 10.4. The lowest BCUT2D eigenvalue weighted by molar-refractivity contribution is 0.102. The first-order valence-electron chi connectivity index (χ1n) is 9.18. The van der Waals surface area contributed by atoms with Crippen molar-refractivity contribution in [1.82, 2.24) is 0 Å². The highest BCUT2D eigenvalue weighted by molar-refractivity contribution is 9.10. The molecule has 0 radical (unpaired) electrons. The molecule has 6 heteroatoms. The number of hydrogen-bond acceptors (Lipinski definition) is 3. The quantitative estimate of drug-likeness (QED) is 0.417. The van der Waals surface area contributed by atoms with Gasteiger partial charge in [0.25, 0.3) is 5.91 Å². The highest BCUT2D eigenvalue weighted by Gasteiger charge is 2.13. The van der Waals surface area contributed by atoms with Crippen LogP contribution in [0.15, 0.2) is 65.1 Å². The second-order valence-corrected chi connectivity index (χ2v) is 7.65. The van der Waals surface area contributed by atoms with Crippen molar-refractivity contribution in [3.05, 3.63) is 86.8 Å². The van der Waals surface area contributed by atoms with Gasteiger partial charge in [0, 0.05) is 20.6 Å². The van der Waals surface area contributed by atoms with E-state index in [-0.39, 0.29) is 12.5 Å². The Morgan fingerprint density at radius 3 is 2.59 bits per heavy atom. The van der Waals surface area contributed by atoms with Crippen LogP contribution in [0.5, 0.6) is 11.5 Å². The average molecular weight is 475 g/mol. The van der Waals surface area contributed by atoms with Crippen LogP contribution in [0.4, 0.5) is 5.69 Å². The summed E-state index contributed by atoms with van der Waals surface area (Å²) in [7, 11) is 0. The van der Waals surface area contributed by atoms with Gasteiger partial charge in [-0.2, -0.15) is 0 Å². The van der Waals surface area contributed by atoms with E-state index in [0.717, 1.165) is 15.6 Å². The van der Waals surface area contributed by atoms with Crippen LogP contribution in [-0.2, 0) is 6.61 Å². The molecule has 3 aromatic rings. The van der Waals surface area contributed by atoms with E-state index >= 15 is 0 Å². The molecule has 3 aromatic carbocycles. The molecule has 0 spiro atoms. The smallest absolute Gasteiger partial charge is 0.255 e. The number of benzene rings is 3. The van der Waals surface area contributed by atoms with E-state index in [2.05, 4.69) is 21.2 Å². The molecule has 0 aliphatic heterocycles. The zero-order valence-electron chi connectivity index (χ0n) is 16.2. The summed E-state index contributed by atoms with van der Waals surface area (Å²) in [5.41, 5.74) is 2.96. The van der Waals surface area contributed by atoms with Gasteiger partial charge >= 0.3 is 0 Å². The SMILES string of the molecule is CCOc1ccc(C(=O)Nc2ccccc2Br)cc1COc1ccc(Cl)c(C)c1. The Labute approximate surface area is 183 Å². The summed E-state index contributed by atoms with van der Waals surface area (Å²) < 4.78 is 12.4. The van der Waals surface area contributed by atoms with Gasteiger partial charge in [-0.15, -0.1) is 0 Å². The molecule has 0 aliphatic rings. The van der Waals surface area contributed by atoms with Crippen LogP contribution < -0.4 is 14.8 Å². The van der Waals surface area contributed by atoms with E-state index in [1.54, 1.807) is 24.3 Å². The van der Waals surface area contributed by atoms with Crippen molar-refractivity contribution in [2.24, 2.45) is 0 Å². The summed E-state index contributed by atoms with van der Waals surface area (Å²) in [6, 6.07) is 18.3. The molecule has 0 saturated heterocycles. The molecule has 1 amide bonds. The van der Waals surface area contributed by atoms with Gasteiger partial charge in [0.05, 0.1) is 12.3 Å². The van der Waals surface area contributed by atoms with Crippen LogP contribution in [0.25, 0.3) is 0 Å². The molecule has 0 aromatic heterocycles. The topological polar surface area (TPSA) is 47.6 Å². The Bertz CT molecular complexity index is 1020. The van der Waals surface area contributed by atoms with Gasteiger partial charge in [-0.05, 0) is 83.9 Å². The lowest BCUT2D eigenvalue weighted by Gasteiger charge is -2.14. The number of halogens is 2. The van der Waals surface area contributed by atoms with Gasteiger partial charge in [0.2, 0.25) is 0 Å². The zero-order chi connectivity index (χ0) is 20.8. The summed E-state index contributed by atoms with van der Waals surface area (Å²) in [4.78, 5) is 12.7. The Kier molecular flexibility index (Phi) is 7.18. The maximum absolute atomic E-state index is 12.7. The largest absolute Gasteiger partial charge is 0.493 e. The number of carbonyl (C=O) groups excluding carboxylic acids is 1. The van der Waals surface area contributed by atoms with Crippen LogP contribution >= 0.6 is 27.5 Å². The monoisotopic (exact) mass is 473 g/mol. The normalized spacial score (nSPS) is 10.5. The average Bonchev–Trinajstić information content (AvgIpc) is 2.71. The number of para-hydroxylation sites is 1. The molecule has 150 valence electrons. The fraction of sp³-hybridized carbons (Fsp3) is 0.174. The molecule has 0 unspecified atom stereocenters. The molecule has 4 nitrogen and oxygen atoms in total. The number of amides is 1. The van der Waals surface area contributed by atoms with Gasteiger partial charge in [-0.1, -0.05) is 23.7 Å². The van der Waals surface area contributed by atoms with Gasteiger partial charge in [0.15, 0.2) is 0 Å². The molecule has 0 heterocycles. The minimum absolute atomic E-state index is 0.205. The van der Waals surface area contributed by atoms with Crippen LogP contribution in [-0.4, -0.2) is 12.5 Å². The number of nitrogens with one attached hydrogen (secondary N) is 1. The molecule has 0 saturated carbocycles. The zero-order valence-corrected chi connectivity index (χ0v) is 18.5. The van der Waals surface area contributed by atoms with E-state index in [1.165, 1.54) is 0 Å². The third-order valence-electron chi connectivity index (χ3n) is 4.27. The standard InChI is InChI=1S/C23H21BrClNO3/c1-3-28-22-11-8-16(23(27)26-21-7-5-4-6-19(21)24)13-17(22)14-29-18-9-10-20(25)15(2)12-18/h4-13H,3,14H2,1-2H3,(H,26,27). The molecule has 0 fully saturated rings. The predicted octanol–water partition coefficient (Wildman–Crippen LogP) is 6.64. The van der Waals surface area contributed by atoms with Crippen molar-refractivity contribution in [2.75, 3.05) is 11.9 Å². The van der Waals surface area contributed by atoms with Crippen molar-refractivity contribution in [2.45, 2.75) is 20.5 Å². The van der Waals surface area contributed by atoms with Crippen molar-refractivity contribution >= 4 is 39.1 Å². The van der Waals surface area contributed by atoms with Crippen LogP contribution in [0.2, 0.25) is 5.02 Å². The molecule has 29 heavy (non-hydrogen) atoms. The predicted molar refractivity (Wildman–Crippen MR) is 120 cm³/mol. The van der Waals surface area contributed by atoms with Crippen molar-refractivity contribution < 1.29 is 14.3 Å². The van der Waals surface area contributed by atoms with Gasteiger partial charge in [-0.25, -0.2) is 0 Å². The van der Waals surface area contributed by atoms with Crippen LogP contribution in [0.1, 0.15) is 28.4 Å². The van der Waals surface area contributed by atoms with Gasteiger partial charge in [0.1, 0.15) is 18.1 Å². The summed E-state index contributed by atoms with van der Waals surface area (Å²) in [5.74, 6) is 1.19. The third kappa shape index (κ3) is 5.52. The molecular weight excluding hydrogens is 454 g/mol. The number of anilines is 1. The minimum Gasteiger partial charge on any atom is -0.493 e. The first kappa shape index (κ1) is 21.2. The Morgan fingerprint density at radius 1 is 1.07 bits per heavy atom. The van der Waals surface area contributed by atoms with Crippen molar-refractivity contribution in [1.29, 1.82) is 0 Å². The number of ether oxygens (including phenoxy) is 2. The lowest BCUT2D eigenvalue weighted by atomic mass is 10.1. The Balaban J connectivity index is 1.80. The Hall–Kier alpha value is -2.50. The second kappa shape index (κ2) is 9.81. The second-order valence-electron chi connectivity index (χ2n) is 6.39. The Morgan fingerprint density at radius 2 is 1.86 bits per heavy atom. The molecular formula is C23H21BrClNO3. The number of aryl methyl sites for hydroxylation is 1. The van der Waals surface area contributed by atoms with E-state index in [0.29, 0.717) is 34.4 Å². The van der Waals surface area contributed by atoms with E-state index in [4.69, 9.17) is 21.1 Å². The molecule has 0 aliphatic carbocycles. The number of carbonyl (C=O) groups is 1. The molecule has 1 N–H and O–H groups in total. The summed E-state index contributed by atoms with van der Waals surface area (Å²) in [6.07, 6.45) is 0. The summed E-state index contributed by atoms with van der Waals surface area (Å²) in [5, 5.41) is 3.60. The first-order chi connectivity index (χ1) is 14.0. The van der Waals surface area contributed by atoms with E-state index in [9.17, 15) is 4.79 Å². The highest BCUT2D eigenvalue weighted by Crippen LogP contribution is 2.26. The van der Waals surface area contributed by atoms with Crippen LogP contribution in [0, 0.1) is 6.92 Å². The molecule has 0 bridgehead atoms. The van der Waals surface area contributed by atoms with E-state index in [1.807, 2.05) is 50.2 Å². The fourth-order valence-corrected chi connectivity index (χ4v) is 3.26. The maximum atomic E-state index is 12.7. The molecule has 3 rings (SSSR count). The van der Waals surface area contributed by atoms with Gasteiger partial charge in [-0.3, -0.25) is 4.79 Å². The molecule has 0 atom stereocenters. The lowest BCUT2D eigenvalue weighted by Crippen LogP contribution is -2.13. The van der Waals surface area contributed by atoms with Crippen LogP contribution in [0.3, 0.4) is 0 Å². The van der Waals surface area contributed by atoms with Crippen molar-refractivity contribution in [3.8, 4) is 11.5 Å². The van der Waals surface area contributed by atoms with E-state index < -0.39 is 0 Å².